The van der Waals surface area contributed by atoms with Crippen LogP contribution in [0.4, 0.5) is 0 Å². The first-order valence-corrected chi connectivity index (χ1v) is 16.8. The van der Waals surface area contributed by atoms with Gasteiger partial charge in [0.1, 0.15) is 0 Å². The maximum Gasteiger partial charge on any atom is 0.0719 e. The molecule has 0 saturated heterocycles. The van der Waals surface area contributed by atoms with Crippen molar-refractivity contribution in [1.29, 1.82) is 0 Å². The molecule has 1 atom stereocenters. The van der Waals surface area contributed by atoms with E-state index in [0.717, 1.165) is 0 Å². The lowest BCUT2D eigenvalue weighted by Gasteiger charge is -2.36. The SMILES string of the molecule is c1ccc(C2(c3ccccc3-c3cc4c5c(cccc5c3)-c3ccccc3S4)c3ccccc3-c3c2ccc2ccccc32)cc1. The number of hydrogen-bond donors (Lipinski definition) is 0. The third-order valence-corrected chi connectivity index (χ3v) is 11.2. The lowest BCUT2D eigenvalue weighted by Crippen LogP contribution is -2.29. The number of rotatable bonds is 3. The van der Waals surface area contributed by atoms with E-state index in [0.29, 0.717) is 0 Å². The summed E-state index contributed by atoms with van der Waals surface area (Å²) in [5.41, 5.74) is 12.6. The molecule has 0 nitrogen and oxygen atoms in total. The second-order valence-corrected chi connectivity index (χ2v) is 13.5. The lowest BCUT2D eigenvalue weighted by atomic mass is 9.65. The molecule has 2 aliphatic rings. The maximum atomic E-state index is 2.44. The largest absolute Gasteiger partial charge is 0.0888 e. The summed E-state index contributed by atoms with van der Waals surface area (Å²) in [5.74, 6) is 0. The van der Waals surface area contributed by atoms with E-state index in [1.807, 2.05) is 11.8 Å². The highest BCUT2D eigenvalue weighted by atomic mass is 32.2. The molecular formula is C45H28S. The Kier molecular flexibility index (Phi) is 5.53. The number of fused-ring (bicyclic) bond motifs is 7. The highest BCUT2D eigenvalue weighted by Crippen LogP contribution is 2.59. The molecule has 0 radical (unpaired) electrons. The Morgan fingerprint density at radius 1 is 0.391 bits per heavy atom. The van der Waals surface area contributed by atoms with Crippen LogP contribution in [0.15, 0.2) is 180 Å². The van der Waals surface area contributed by atoms with E-state index in [9.17, 15) is 0 Å². The predicted molar refractivity (Wildman–Crippen MR) is 194 cm³/mol. The Morgan fingerprint density at radius 3 is 1.91 bits per heavy atom. The first kappa shape index (κ1) is 25.9. The van der Waals surface area contributed by atoms with Crippen molar-refractivity contribution in [3.8, 4) is 33.4 Å². The Labute approximate surface area is 273 Å². The number of hydrogen-bond acceptors (Lipinski definition) is 1. The minimum absolute atomic E-state index is 0.485. The van der Waals surface area contributed by atoms with Gasteiger partial charge in [-0.05, 0) is 90.0 Å². The molecule has 0 spiro atoms. The molecule has 1 unspecified atom stereocenters. The van der Waals surface area contributed by atoms with Crippen LogP contribution in [0.1, 0.15) is 22.3 Å². The summed E-state index contributed by atoms with van der Waals surface area (Å²) >= 11 is 1.90. The molecular weight excluding hydrogens is 573 g/mol. The van der Waals surface area contributed by atoms with Gasteiger partial charge in [0, 0.05) is 15.2 Å². The van der Waals surface area contributed by atoms with Crippen molar-refractivity contribution >= 4 is 33.3 Å². The summed E-state index contributed by atoms with van der Waals surface area (Å²) in [6.45, 7) is 0. The van der Waals surface area contributed by atoms with E-state index in [2.05, 4.69) is 170 Å². The van der Waals surface area contributed by atoms with E-state index in [4.69, 9.17) is 0 Å². The summed E-state index contributed by atoms with van der Waals surface area (Å²) in [5, 5.41) is 5.22. The summed E-state index contributed by atoms with van der Waals surface area (Å²) in [7, 11) is 0. The number of benzene rings is 8. The first-order valence-electron chi connectivity index (χ1n) is 15.9. The van der Waals surface area contributed by atoms with Gasteiger partial charge in [-0.3, -0.25) is 0 Å². The van der Waals surface area contributed by atoms with Crippen LogP contribution >= 0.6 is 11.8 Å². The molecule has 1 aliphatic carbocycles. The van der Waals surface area contributed by atoms with E-state index < -0.39 is 5.41 Å². The molecule has 214 valence electrons. The predicted octanol–water partition coefficient (Wildman–Crippen LogP) is 12.2. The van der Waals surface area contributed by atoms with Crippen molar-refractivity contribution < 1.29 is 0 Å². The Morgan fingerprint density at radius 2 is 1.04 bits per heavy atom. The topological polar surface area (TPSA) is 0 Å². The van der Waals surface area contributed by atoms with Crippen LogP contribution in [0.25, 0.3) is 54.9 Å². The van der Waals surface area contributed by atoms with Gasteiger partial charge in [0.25, 0.3) is 0 Å². The fourth-order valence-electron chi connectivity index (χ4n) is 8.30. The first-order chi connectivity index (χ1) is 22.8. The van der Waals surface area contributed by atoms with E-state index in [1.165, 1.54) is 87.0 Å². The van der Waals surface area contributed by atoms with Gasteiger partial charge in [-0.2, -0.15) is 0 Å². The van der Waals surface area contributed by atoms with Gasteiger partial charge in [0.15, 0.2) is 0 Å². The molecule has 0 amide bonds. The molecule has 1 heteroatoms. The molecule has 46 heavy (non-hydrogen) atoms. The van der Waals surface area contributed by atoms with Crippen LogP contribution in [0.3, 0.4) is 0 Å². The van der Waals surface area contributed by atoms with Crippen LogP contribution in [-0.2, 0) is 5.41 Å². The summed E-state index contributed by atoms with van der Waals surface area (Å²) in [4.78, 5) is 2.64. The van der Waals surface area contributed by atoms with Gasteiger partial charge in [-0.1, -0.05) is 163 Å². The Bertz CT molecular complexity index is 2510. The third kappa shape index (κ3) is 3.47. The molecule has 0 bridgehead atoms. The molecule has 10 rings (SSSR count). The molecule has 0 aromatic heterocycles. The Hall–Kier alpha value is -5.37. The van der Waals surface area contributed by atoms with Gasteiger partial charge >= 0.3 is 0 Å². The summed E-state index contributed by atoms with van der Waals surface area (Å²) in [6, 6.07) is 63.4. The van der Waals surface area contributed by atoms with Crippen LogP contribution in [-0.4, -0.2) is 0 Å². The van der Waals surface area contributed by atoms with Crippen LogP contribution < -0.4 is 0 Å². The van der Waals surface area contributed by atoms with Gasteiger partial charge in [0.2, 0.25) is 0 Å². The smallest absolute Gasteiger partial charge is 0.0719 e. The monoisotopic (exact) mass is 600 g/mol. The van der Waals surface area contributed by atoms with Crippen LogP contribution in [0.5, 0.6) is 0 Å². The fraction of sp³-hybridized carbons (Fsp3) is 0.0222. The van der Waals surface area contributed by atoms with Crippen molar-refractivity contribution in [2.45, 2.75) is 15.2 Å². The van der Waals surface area contributed by atoms with Crippen molar-refractivity contribution in [3.05, 3.63) is 192 Å². The van der Waals surface area contributed by atoms with Crippen LogP contribution in [0.2, 0.25) is 0 Å². The maximum absolute atomic E-state index is 2.44. The minimum atomic E-state index is -0.485. The Balaban J connectivity index is 1.31. The molecule has 8 aromatic carbocycles. The molecule has 8 aromatic rings. The highest BCUT2D eigenvalue weighted by Gasteiger charge is 2.47. The normalized spacial score (nSPS) is 15.8. The summed E-state index contributed by atoms with van der Waals surface area (Å²) < 4.78 is 0. The van der Waals surface area contributed by atoms with Crippen molar-refractivity contribution in [2.24, 2.45) is 0 Å². The average Bonchev–Trinajstić information content (AvgIpc) is 3.43. The van der Waals surface area contributed by atoms with Crippen LogP contribution in [0, 0.1) is 0 Å². The van der Waals surface area contributed by atoms with Crippen molar-refractivity contribution in [2.75, 3.05) is 0 Å². The molecule has 1 heterocycles. The van der Waals surface area contributed by atoms with Gasteiger partial charge in [-0.25, -0.2) is 0 Å². The standard InChI is InChI=1S/C45H28S/c1-2-15-32(16-3-1)45(39-23-10-7-20-37(39)44-34-18-5-4-13-29(34)25-26-40(44)45)38-22-9-6-17-33(38)31-27-30-14-12-21-36-35-19-8-11-24-41(35)46-42(28-31)43(30)36/h1-28H. The van der Waals surface area contributed by atoms with Gasteiger partial charge < -0.3 is 0 Å². The molecule has 0 saturated carbocycles. The lowest BCUT2D eigenvalue weighted by molar-refractivity contribution is 0.771. The zero-order valence-electron chi connectivity index (χ0n) is 25.1. The van der Waals surface area contributed by atoms with Gasteiger partial charge in [0.05, 0.1) is 5.41 Å². The van der Waals surface area contributed by atoms with E-state index in [-0.39, 0.29) is 0 Å². The van der Waals surface area contributed by atoms with Gasteiger partial charge in [-0.15, -0.1) is 0 Å². The molecule has 0 N–H and O–H groups in total. The van der Waals surface area contributed by atoms with E-state index in [1.54, 1.807) is 0 Å². The minimum Gasteiger partial charge on any atom is -0.0888 e. The zero-order chi connectivity index (χ0) is 30.2. The average molecular weight is 601 g/mol. The highest BCUT2D eigenvalue weighted by molar-refractivity contribution is 7.99. The molecule has 0 fully saturated rings. The second kappa shape index (κ2) is 9.81. The van der Waals surface area contributed by atoms with Crippen molar-refractivity contribution in [3.63, 3.8) is 0 Å². The zero-order valence-corrected chi connectivity index (χ0v) is 25.9. The van der Waals surface area contributed by atoms with Crippen molar-refractivity contribution in [1.82, 2.24) is 0 Å². The fourth-order valence-corrected chi connectivity index (χ4v) is 9.49. The second-order valence-electron chi connectivity index (χ2n) is 12.4. The summed E-state index contributed by atoms with van der Waals surface area (Å²) in [6.07, 6.45) is 0. The molecule has 1 aliphatic heterocycles. The van der Waals surface area contributed by atoms with E-state index >= 15 is 0 Å². The third-order valence-electron chi connectivity index (χ3n) is 10.1. The quantitative estimate of drug-likeness (QED) is 0.194.